The van der Waals surface area contributed by atoms with Gasteiger partial charge < -0.3 is 0 Å². The third-order valence-corrected chi connectivity index (χ3v) is 7.93. The van der Waals surface area contributed by atoms with Gasteiger partial charge in [-0.05, 0) is 42.5 Å². The first-order valence-corrected chi connectivity index (χ1v) is 10.5. The van der Waals surface area contributed by atoms with Crippen molar-refractivity contribution in [3.05, 3.63) is 28.3 Å². The fourth-order valence-corrected chi connectivity index (χ4v) is 6.12. The summed E-state index contributed by atoms with van der Waals surface area (Å²) in [5.74, 6) is -2.13. The Bertz CT molecular complexity index is 957. The Morgan fingerprint density at radius 3 is 2.15 bits per heavy atom. The summed E-state index contributed by atoms with van der Waals surface area (Å²) >= 11 is 0. The third kappa shape index (κ3) is 2.79. The summed E-state index contributed by atoms with van der Waals surface area (Å²) in [5, 5.41) is 0. The molecule has 1 spiro atoms. The quantitative estimate of drug-likeness (QED) is 0.731. The van der Waals surface area contributed by atoms with Crippen LogP contribution in [-0.2, 0) is 36.2 Å². The van der Waals surface area contributed by atoms with Gasteiger partial charge in [-0.25, -0.2) is 12.7 Å². The Morgan fingerprint density at radius 2 is 1.67 bits per heavy atom. The van der Waals surface area contributed by atoms with Crippen molar-refractivity contribution in [3.8, 4) is 0 Å². The number of sulfonamides is 1. The number of aryl methyl sites for hydroxylation is 2. The van der Waals surface area contributed by atoms with Crippen molar-refractivity contribution in [1.29, 1.82) is 0 Å². The molecule has 7 heteroatoms. The Morgan fingerprint density at radius 1 is 1.11 bits per heavy atom. The van der Waals surface area contributed by atoms with Crippen LogP contribution in [0.2, 0.25) is 0 Å². The molecule has 2 aliphatic rings. The molecule has 1 aromatic rings. The van der Waals surface area contributed by atoms with Gasteiger partial charge in [0, 0.05) is 38.8 Å². The van der Waals surface area contributed by atoms with E-state index in [9.17, 15) is 22.8 Å². The molecule has 27 heavy (non-hydrogen) atoms. The molecule has 146 valence electrons. The van der Waals surface area contributed by atoms with Crippen LogP contribution in [0.25, 0.3) is 0 Å². The Labute approximate surface area is 160 Å². The van der Waals surface area contributed by atoms with Crippen molar-refractivity contribution < 1.29 is 22.8 Å². The monoisotopic (exact) mass is 391 g/mol. The zero-order valence-electron chi connectivity index (χ0n) is 16.4. The molecule has 1 aromatic carbocycles. The van der Waals surface area contributed by atoms with Crippen LogP contribution < -0.4 is 0 Å². The number of nitrogens with zero attached hydrogens (tertiary/aromatic N) is 1. The molecule has 1 fully saturated rings. The Balaban J connectivity index is 2.10. The first-order chi connectivity index (χ1) is 12.5. The van der Waals surface area contributed by atoms with Crippen LogP contribution in [0.1, 0.15) is 48.4 Å². The zero-order valence-corrected chi connectivity index (χ0v) is 17.2. The smallest absolute Gasteiger partial charge is 0.243 e. The summed E-state index contributed by atoms with van der Waals surface area (Å²) in [5.41, 5.74) is 2.41. The summed E-state index contributed by atoms with van der Waals surface area (Å²) in [6, 6.07) is 1.81. The number of hydrogen-bond donors (Lipinski definition) is 0. The minimum Gasteiger partial charge on any atom is -0.298 e. The standard InChI is InChI=1S/C20H25NO5S/c1-6-14(22)17-15(23)9-20(10-16(17)24)8-13-18(20)11(2)7-12(3)19(13)27(25,26)21(4)5/h7,17H,6,8-10H2,1-5H3. The topological polar surface area (TPSA) is 88.6 Å². The summed E-state index contributed by atoms with van der Waals surface area (Å²) in [6.07, 6.45) is 0.772. The van der Waals surface area contributed by atoms with Gasteiger partial charge in [0.15, 0.2) is 17.3 Å². The van der Waals surface area contributed by atoms with Crippen LogP contribution in [0.5, 0.6) is 0 Å². The lowest BCUT2D eigenvalue weighted by Gasteiger charge is -2.49. The molecule has 0 bridgehead atoms. The average molecular weight is 391 g/mol. The van der Waals surface area contributed by atoms with Crippen LogP contribution in [0.15, 0.2) is 11.0 Å². The number of ketones is 3. The number of Topliss-reactive ketones (excluding diaryl/α,β-unsaturated/α-hetero) is 3. The zero-order chi connectivity index (χ0) is 20.3. The van der Waals surface area contributed by atoms with Crippen molar-refractivity contribution >= 4 is 27.4 Å². The second-order valence-corrected chi connectivity index (χ2v) is 10.1. The minimum atomic E-state index is -3.63. The molecule has 6 nitrogen and oxygen atoms in total. The maximum Gasteiger partial charge on any atom is 0.243 e. The fourth-order valence-electron chi connectivity index (χ4n) is 4.80. The van der Waals surface area contributed by atoms with E-state index in [1.165, 1.54) is 18.4 Å². The van der Waals surface area contributed by atoms with Gasteiger partial charge in [-0.15, -0.1) is 0 Å². The molecular weight excluding hydrogens is 366 g/mol. The van der Waals surface area contributed by atoms with Crippen LogP contribution in [0, 0.1) is 19.8 Å². The Hall–Kier alpha value is -1.86. The molecule has 0 N–H and O–H groups in total. The normalized spacial score (nSPS) is 24.9. The molecule has 0 atom stereocenters. The van der Waals surface area contributed by atoms with E-state index in [-0.39, 0.29) is 41.5 Å². The molecule has 3 rings (SSSR count). The maximum absolute atomic E-state index is 12.8. The SMILES string of the molecule is CCC(=O)C1C(=O)CC2(CC1=O)Cc1c2c(C)cc(C)c1S(=O)(=O)N(C)C. The van der Waals surface area contributed by atoms with Gasteiger partial charge in [0.2, 0.25) is 10.0 Å². The summed E-state index contributed by atoms with van der Waals surface area (Å²) in [4.78, 5) is 37.5. The number of fused-ring (bicyclic) bond motifs is 2. The summed E-state index contributed by atoms with van der Waals surface area (Å²) in [6.45, 7) is 5.30. The first kappa shape index (κ1) is 19.9. The van der Waals surface area contributed by atoms with Gasteiger partial charge in [0.25, 0.3) is 0 Å². The van der Waals surface area contributed by atoms with E-state index in [0.29, 0.717) is 17.5 Å². The molecule has 0 heterocycles. The van der Waals surface area contributed by atoms with Crippen LogP contribution >= 0.6 is 0 Å². The highest BCUT2D eigenvalue weighted by Gasteiger charge is 2.55. The van der Waals surface area contributed by atoms with E-state index in [4.69, 9.17) is 0 Å². The van der Waals surface area contributed by atoms with Gasteiger partial charge >= 0.3 is 0 Å². The second kappa shape index (κ2) is 6.34. The Kier molecular flexibility index (Phi) is 4.67. The molecule has 1 saturated carbocycles. The van der Waals surface area contributed by atoms with Gasteiger partial charge in [0.05, 0.1) is 4.90 Å². The minimum absolute atomic E-state index is 0.119. The maximum atomic E-state index is 12.8. The lowest BCUT2D eigenvalue weighted by molar-refractivity contribution is -0.144. The molecule has 0 radical (unpaired) electrons. The molecule has 0 unspecified atom stereocenters. The van der Waals surface area contributed by atoms with Crippen molar-refractivity contribution in [1.82, 2.24) is 4.31 Å². The van der Waals surface area contributed by atoms with E-state index < -0.39 is 21.4 Å². The highest BCUT2D eigenvalue weighted by molar-refractivity contribution is 7.89. The number of carbonyl (C=O) groups is 3. The third-order valence-electron chi connectivity index (χ3n) is 5.89. The molecule has 0 amide bonds. The largest absolute Gasteiger partial charge is 0.298 e. The predicted octanol–water partition coefficient (Wildman–Crippen LogP) is 1.87. The number of carbonyl (C=O) groups excluding carboxylic acids is 3. The highest BCUT2D eigenvalue weighted by Crippen LogP contribution is 2.54. The first-order valence-electron chi connectivity index (χ1n) is 9.10. The molecule has 0 aromatic heterocycles. The lowest BCUT2D eigenvalue weighted by atomic mass is 9.53. The molecule has 0 aliphatic heterocycles. The van der Waals surface area contributed by atoms with Crippen LogP contribution in [0.4, 0.5) is 0 Å². The van der Waals surface area contributed by atoms with Gasteiger partial charge in [-0.2, -0.15) is 0 Å². The molecule has 0 saturated heterocycles. The van der Waals surface area contributed by atoms with Crippen molar-refractivity contribution in [2.75, 3.05) is 14.1 Å². The number of rotatable bonds is 4. The molecule has 2 aliphatic carbocycles. The summed E-state index contributed by atoms with van der Waals surface area (Å²) in [7, 11) is -0.647. The highest BCUT2D eigenvalue weighted by atomic mass is 32.2. The molecular formula is C20H25NO5S. The van der Waals surface area contributed by atoms with E-state index in [0.717, 1.165) is 11.1 Å². The van der Waals surface area contributed by atoms with E-state index in [2.05, 4.69) is 0 Å². The predicted molar refractivity (Wildman–Crippen MR) is 100 cm³/mol. The van der Waals surface area contributed by atoms with Crippen LogP contribution in [-0.4, -0.2) is 44.2 Å². The van der Waals surface area contributed by atoms with Crippen molar-refractivity contribution in [2.24, 2.45) is 5.92 Å². The second-order valence-electron chi connectivity index (χ2n) is 7.98. The van der Waals surface area contributed by atoms with Crippen molar-refractivity contribution in [2.45, 2.75) is 56.8 Å². The van der Waals surface area contributed by atoms with E-state index in [1.54, 1.807) is 13.8 Å². The number of benzene rings is 1. The van der Waals surface area contributed by atoms with Crippen LogP contribution in [0.3, 0.4) is 0 Å². The summed E-state index contributed by atoms with van der Waals surface area (Å²) < 4.78 is 26.8. The van der Waals surface area contributed by atoms with E-state index in [1.807, 2.05) is 13.0 Å². The lowest BCUT2D eigenvalue weighted by Crippen LogP contribution is -2.52. The van der Waals surface area contributed by atoms with Gasteiger partial charge in [-0.3, -0.25) is 14.4 Å². The van der Waals surface area contributed by atoms with E-state index >= 15 is 0 Å². The van der Waals surface area contributed by atoms with Gasteiger partial charge in [0.1, 0.15) is 5.92 Å². The van der Waals surface area contributed by atoms with Gasteiger partial charge in [-0.1, -0.05) is 13.0 Å². The fraction of sp³-hybridized carbons (Fsp3) is 0.550. The number of hydrogen-bond acceptors (Lipinski definition) is 5. The van der Waals surface area contributed by atoms with Crippen molar-refractivity contribution in [3.63, 3.8) is 0 Å². The average Bonchev–Trinajstić information content (AvgIpc) is 2.51.